The molecule has 7 nitrogen and oxygen atoms in total. The maximum Gasteiger partial charge on any atom is 0.333 e. The van der Waals surface area contributed by atoms with E-state index in [9.17, 15) is 10.1 Å². The molecule has 1 N–H and O–H groups in total. The van der Waals surface area contributed by atoms with Crippen LogP contribution in [-0.2, 0) is 4.74 Å². The highest BCUT2D eigenvalue weighted by molar-refractivity contribution is 5.59. The number of anilines is 1. The van der Waals surface area contributed by atoms with Crippen LogP contribution in [0.15, 0.2) is 0 Å². The molecule has 0 unspecified atom stereocenters. The van der Waals surface area contributed by atoms with Crippen LogP contribution >= 0.6 is 0 Å². The SMILES string of the molecule is CCCCOCCCNc1c([N+](=O)[O-])c(C)nn1C(C)C. The van der Waals surface area contributed by atoms with E-state index in [1.807, 2.05) is 13.8 Å². The first-order chi connectivity index (χ1) is 9.99. The van der Waals surface area contributed by atoms with Crippen LogP contribution < -0.4 is 5.32 Å². The third-order valence-electron chi connectivity index (χ3n) is 3.13. The Morgan fingerprint density at radius 3 is 2.62 bits per heavy atom. The lowest BCUT2D eigenvalue weighted by Gasteiger charge is -2.12. The van der Waals surface area contributed by atoms with Gasteiger partial charge in [0.2, 0.25) is 5.82 Å². The van der Waals surface area contributed by atoms with Crippen LogP contribution in [0, 0.1) is 17.0 Å². The number of rotatable bonds is 10. The van der Waals surface area contributed by atoms with Gasteiger partial charge in [-0.1, -0.05) is 13.3 Å². The van der Waals surface area contributed by atoms with Crippen LogP contribution in [-0.4, -0.2) is 34.5 Å². The molecule has 0 radical (unpaired) electrons. The zero-order chi connectivity index (χ0) is 15.8. The second kappa shape index (κ2) is 8.61. The molecule has 0 aliphatic rings. The molecule has 21 heavy (non-hydrogen) atoms. The van der Waals surface area contributed by atoms with E-state index >= 15 is 0 Å². The summed E-state index contributed by atoms with van der Waals surface area (Å²) in [6, 6.07) is 0.0701. The lowest BCUT2D eigenvalue weighted by molar-refractivity contribution is -0.384. The lowest BCUT2D eigenvalue weighted by atomic mass is 10.3. The first-order valence-corrected chi connectivity index (χ1v) is 7.54. The summed E-state index contributed by atoms with van der Waals surface area (Å²) >= 11 is 0. The van der Waals surface area contributed by atoms with E-state index in [0.29, 0.717) is 24.7 Å². The summed E-state index contributed by atoms with van der Waals surface area (Å²) < 4.78 is 7.15. The third-order valence-corrected chi connectivity index (χ3v) is 3.13. The molecule has 0 fully saturated rings. The predicted octanol–water partition coefficient (Wildman–Crippen LogP) is 3.30. The molecular weight excluding hydrogens is 272 g/mol. The molecule has 7 heteroatoms. The van der Waals surface area contributed by atoms with E-state index < -0.39 is 0 Å². The maximum absolute atomic E-state index is 11.2. The number of aryl methyl sites for hydroxylation is 1. The molecule has 0 aliphatic heterocycles. The average Bonchev–Trinajstić information content (AvgIpc) is 2.75. The summed E-state index contributed by atoms with van der Waals surface area (Å²) in [6.45, 7) is 9.76. The summed E-state index contributed by atoms with van der Waals surface area (Å²) in [7, 11) is 0. The minimum Gasteiger partial charge on any atom is -0.381 e. The van der Waals surface area contributed by atoms with Crippen molar-refractivity contribution >= 4 is 11.5 Å². The Labute approximate surface area is 125 Å². The smallest absolute Gasteiger partial charge is 0.333 e. The number of hydrogen-bond donors (Lipinski definition) is 1. The third kappa shape index (κ3) is 5.00. The van der Waals surface area contributed by atoms with Crippen molar-refractivity contribution in [2.75, 3.05) is 25.1 Å². The standard InChI is InChI=1S/C14H26N4O3/c1-5-6-9-21-10-7-8-15-14-13(18(19)20)12(4)16-17(14)11(2)3/h11,15H,5-10H2,1-4H3. The first kappa shape index (κ1) is 17.4. The van der Waals surface area contributed by atoms with Gasteiger partial charge in [-0.05, 0) is 33.6 Å². The Bertz CT molecular complexity index is 457. The number of nitrogens with one attached hydrogen (secondary N) is 1. The van der Waals surface area contributed by atoms with Gasteiger partial charge in [-0.25, -0.2) is 4.68 Å². The summed E-state index contributed by atoms with van der Waals surface area (Å²) in [5.41, 5.74) is 0.506. The molecule has 1 heterocycles. The van der Waals surface area contributed by atoms with Crippen molar-refractivity contribution in [1.82, 2.24) is 9.78 Å². The quantitative estimate of drug-likeness (QED) is 0.407. The van der Waals surface area contributed by atoms with Gasteiger partial charge in [-0.15, -0.1) is 0 Å². The zero-order valence-electron chi connectivity index (χ0n) is 13.4. The van der Waals surface area contributed by atoms with Crippen molar-refractivity contribution < 1.29 is 9.66 Å². The van der Waals surface area contributed by atoms with Crippen molar-refractivity contribution in [3.05, 3.63) is 15.8 Å². The fourth-order valence-corrected chi connectivity index (χ4v) is 2.03. The minimum atomic E-state index is -0.374. The number of unbranched alkanes of at least 4 members (excludes halogenated alkanes) is 1. The molecule has 0 amide bonds. The number of nitro groups is 1. The van der Waals surface area contributed by atoms with E-state index in [-0.39, 0.29) is 16.7 Å². The number of ether oxygens (including phenoxy) is 1. The van der Waals surface area contributed by atoms with Gasteiger partial charge in [0.05, 0.1) is 4.92 Å². The van der Waals surface area contributed by atoms with Crippen LogP contribution in [0.1, 0.15) is 51.8 Å². The highest BCUT2D eigenvalue weighted by atomic mass is 16.6. The van der Waals surface area contributed by atoms with Gasteiger partial charge in [-0.2, -0.15) is 5.10 Å². The van der Waals surface area contributed by atoms with E-state index in [1.54, 1.807) is 11.6 Å². The molecule has 0 aliphatic carbocycles. The summed E-state index contributed by atoms with van der Waals surface area (Å²) in [4.78, 5) is 10.8. The fraction of sp³-hybridized carbons (Fsp3) is 0.786. The summed E-state index contributed by atoms with van der Waals surface area (Å²) in [5.74, 6) is 0.487. The molecule has 1 aromatic heterocycles. The van der Waals surface area contributed by atoms with Crippen molar-refractivity contribution in [3.8, 4) is 0 Å². The summed E-state index contributed by atoms with van der Waals surface area (Å²) in [5, 5.41) is 18.6. The van der Waals surface area contributed by atoms with Crippen molar-refractivity contribution in [2.24, 2.45) is 0 Å². The Kier molecular flexibility index (Phi) is 7.14. The molecular formula is C14H26N4O3. The predicted molar refractivity (Wildman–Crippen MR) is 82.8 cm³/mol. The minimum absolute atomic E-state index is 0.0654. The molecule has 0 saturated heterocycles. The van der Waals surface area contributed by atoms with Gasteiger partial charge in [0, 0.05) is 25.8 Å². The van der Waals surface area contributed by atoms with Crippen molar-refractivity contribution in [3.63, 3.8) is 0 Å². The van der Waals surface area contributed by atoms with Crippen LogP contribution in [0.5, 0.6) is 0 Å². The van der Waals surface area contributed by atoms with E-state index in [1.165, 1.54) is 0 Å². The van der Waals surface area contributed by atoms with Gasteiger partial charge in [0.15, 0.2) is 0 Å². The molecule has 0 bridgehead atoms. The van der Waals surface area contributed by atoms with E-state index in [0.717, 1.165) is 25.9 Å². The van der Waals surface area contributed by atoms with Crippen LogP contribution in [0.3, 0.4) is 0 Å². The van der Waals surface area contributed by atoms with Gasteiger partial charge >= 0.3 is 5.69 Å². The van der Waals surface area contributed by atoms with E-state index in [4.69, 9.17) is 4.74 Å². The average molecular weight is 298 g/mol. The second-order valence-corrected chi connectivity index (χ2v) is 5.32. The Morgan fingerprint density at radius 1 is 1.38 bits per heavy atom. The topological polar surface area (TPSA) is 82.2 Å². The molecule has 1 aromatic rings. The van der Waals surface area contributed by atoms with Crippen LogP contribution in [0.4, 0.5) is 11.5 Å². The normalized spacial score (nSPS) is 11.1. The number of nitrogens with zero attached hydrogens (tertiary/aromatic N) is 3. The van der Waals surface area contributed by atoms with Gasteiger partial charge in [-0.3, -0.25) is 10.1 Å². The largest absolute Gasteiger partial charge is 0.381 e. The van der Waals surface area contributed by atoms with Gasteiger partial charge in [0.1, 0.15) is 5.69 Å². The molecule has 1 rings (SSSR count). The van der Waals surface area contributed by atoms with Crippen LogP contribution in [0.2, 0.25) is 0 Å². The molecule has 120 valence electrons. The van der Waals surface area contributed by atoms with Crippen LogP contribution in [0.25, 0.3) is 0 Å². The van der Waals surface area contributed by atoms with Gasteiger partial charge in [0.25, 0.3) is 0 Å². The summed E-state index contributed by atoms with van der Waals surface area (Å²) in [6.07, 6.45) is 3.00. The highest BCUT2D eigenvalue weighted by Gasteiger charge is 2.25. The monoisotopic (exact) mass is 298 g/mol. The number of hydrogen-bond acceptors (Lipinski definition) is 5. The van der Waals surface area contributed by atoms with E-state index in [2.05, 4.69) is 17.3 Å². The molecule has 0 saturated carbocycles. The second-order valence-electron chi connectivity index (χ2n) is 5.32. The Hall–Kier alpha value is -1.63. The molecule has 0 spiro atoms. The first-order valence-electron chi connectivity index (χ1n) is 7.54. The van der Waals surface area contributed by atoms with Crippen molar-refractivity contribution in [2.45, 2.75) is 53.0 Å². The zero-order valence-corrected chi connectivity index (χ0v) is 13.4. The maximum atomic E-state index is 11.2. The van der Waals surface area contributed by atoms with Gasteiger partial charge < -0.3 is 10.1 Å². The lowest BCUT2D eigenvalue weighted by Crippen LogP contribution is -2.13. The Morgan fingerprint density at radius 2 is 2.05 bits per heavy atom. The number of aromatic nitrogens is 2. The fourth-order valence-electron chi connectivity index (χ4n) is 2.03. The molecule has 0 atom stereocenters. The Balaban J connectivity index is 2.58. The molecule has 0 aromatic carbocycles. The van der Waals surface area contributed by atoms with Crippen molar-refractivity contribution in [1.29, 1.82) is 0 Å². The highest BCUT2D eigenvalue weighted by Crippen LogP contribution is 2.30.